The van der Waals surface area contributed by atoms with Crippen LogP contribution in [0.25, 0.3) is 0 Å². The number of carbonyl (C=O) groups excluding carboxylic acids is 2. The van der Waals surface area contributed by atoms with Gasteiger partial charge >= 0.3 is 6.09 Å². The molecule has 3 aliphatic rings. The molecule has 3 heterocycles. The molecular formula is C24H30N4O4S. The third-order valence-electron chi connectivity index (χ3n) is 6.21. The molecule has 0 aliphatic carbocycles. The van der Waals surface area contributed by atoms with Crippen LogP contribution in [0, 0.1) is 17.2 Å². The number of thioether (sulfide) groups is 1. The largest absolute Gasteiger partial charge is 0.448 e. The molecule has 0 spiro atoms. The SMILES string of the molecule is N#CC1C2=C(CN(C(=O)OCCN3CCOCC3)CC2)SC1NC(=O)CCc1ccccc1. The van der Waals surface area contributed by atoms with E-state index in [2.05, 4.69) is 16.3 Å². The van der Waals surface area contributed by atoms with Crippen LogP contribution in [0.4, 0.5) is 4.79 Å². The van der Waals surface area contributed by atoms with Gasteiger partial charge in [-0.05, 0) is 24.0 Å². The van der Waals surface area contributed by atoms with Crippen LogP contribution in [0.15, 0.2) is 40.8 Å². The number of hydrogen-bond acceptors (Lipinski definition) is 7. The van der Waals surface area contributed by atoms with E-state index < -0.39 is 0 Å². The maximum atomic E-state index is 12.6. The van der Waals surface area contributed by atoms with E-state index in [9.17, 15) is 14.9 Å². The molecule has 1 fully saturated rings. The smallest absolute Gasteiger partial charge is 0.410 e. The van der Waals surface area contributed by atoms with E-state index in [-0.39, 0.29) is 23.3 Å². The summed E-state index contributed by atoms with van der Waals surface area (Å²) >= 11 is 1.50. The van der Waals surface area contributed by atoms with Gasteiger partial charge in [0.1, 0.15) is 6.61 Å². The summed E-state index contributed by atoms with van der Waals surface area (Å²) in [7, 11) is 0. The van der Waals surface area contributed by atoms with Crippen LogP contribution >= 0.6 is 11.8 Å². The molecule has 8 nitrogen and oxygen atoms in total. The van der Waals surface area contributed by atoms with Crippen LogP contribution in [-0.4, -0.2) is 79.7 Å². The molecule has 3 aliphatic heterocycles. The topological polar surface area (TPSA) is 94.9 Å². The highest BCUT2D eigenvalue weighted by Crippen LogP contribution is 2.44. The van der Waals surface area contributed by atoms with Crippen LogP contribution in [0.2, 0.25) is 0 Å². The van der Waals surface area contributed by atoms with Crippen molar-refractivity contribution in [2.45, 2.75) is 24.6 Å². The molecule has 1 aromatic rings. The lowest BCUT2D eigenvalue weighted by molar-refractivity contribution is -0.121. The monoisotopic (exact) mass is 470 g/mol. The number of ether oxygens (including phenoxy) is 2. The zero-order valence-electron chi connectivity index (χ0n) is 18.7. The second-order valence-corrected chi connectivity index (χ2v) is 9.62. The third-order valence-corrected chi connectivity index (χ3v) is 7.53. The summed E-state index contributed by atoms with van der Waals surface area (Å²) in [5.74, 6) is -0.416. The highest BCUT2D eigenvalue weighted by molar-refractivity contribution is 8.04. The average molecular weight is 471 g/mol. The standard InChI is InChI=1S/C24H30N4O4S/c25-16-20-19-8-9-28(24(30)32-15-12-27-10-13-31-14-11-27)17-21(19)33-23(20)26-22(29)7-6-18-4-2-1-3-5-18/h1-5,20,23H,6-15,17H2,(H,26,29). The van der Waals surface area contributed by atoms with Gasteiger partial charge in [-0.3, -0.25) is 9.69 Å². The Labute approximate surface area is 198 Å². The summed E-state index contributed by atoms with van der Waals surface area (Å²) in [5.41, 5.74) is 2.16. The maximum absolute atomic E-state index is 12.6. The van der Waals surface area contributed by atoms with E-state index in [4.69, 9.17) is 9.47 Å². The Balaban J connectivity index is 1.24. The van der Waals surface area contributed by atoms with Gasteiger partial charge in [0.25, 0.3) is 0 Å². The summed E-state index contributed by atoms with van der Waals surface area (Å²) < 4.78 is 10.8. The fourth-order valence-corrected chi connectivity index (χ4v) is 5.79. The van der Waals surface area contributed by atoms with Gasteiger partial charge in [0.05, 0.1) is 37.1 Å². The Hall–Kier alpha value is -2.54. The fourth-order valence-electron chi connectivity index (χ4n) is 4.32. The number of hydrogen-bond donors (Lipinski definition) is 1. The molecule has 9 heteroatoms. The van der Waals surface area contributed by atoms with Crippen molar-refractivity contribution >= 4 is 23.8 Å². The second kappa shape index (κ2) is 11.5. The van der Waals surface area contributed by atoms with Gasteiger partial charge in [-0.1, -0.05) is 30.3 Å². The van der Waals surface area contributed by atoms with Crippen molar-refractivity contribution in [3.05, 3.63) is 46.4 Å². The van der Waals surface area contributed by atoms with Crippen molar-refractivity contribution in [3.8, 4) is 6.07 Å². The van der Waals surface area contributed by atoms with Gasteiger partial charge in [-0.15, -0.1) is 11.8 Å². The molecule has 4 rings (SSSR count). The molecule has 0 radical (unpaired) electrons. The van der Waals surface area contributed by atoms with Gasteiger partial charge in [0.15, 0.2) is 0 Å². The lowest BCUT2D eigenvalue weighted by Crippen LogP contribution is -2.41. The van der Waals surface area contributed by atoms with Crippen LogP contribution in [-0.2, 0) is 20.7 Å². The van der Waals surface area contributed by atoms with Crippen molar-refractivity contribution in [2.75, 3.05) is 52.5 Å². The number of morpholine rings is 1. The van der Waals surface area contributed by atoms with Gasteiger partial charge in [0.2, 0.25) is 5.91 Å². The lowest BCUT2D eigenvalue weighted by atomic mass is 9.94. The van der Waals surface area contributed by atoms with Gasteiger partial charge in [-0.2, -0.15) is 5.26 Å². The van der Waals surface area contributed by atoms with Gasteiger partial charge in [-0.25, -0.2) is 4.79 Å². The highest BCUT2D eigenvalue weighted by atomic mass is 32.2. The summed E-state index contributed by atoms with van der Waals surface area (Å²) in [6.07, 6.45) is 1.36. The quantitative estimate of drug-likeness (QED) is 0.654. The van der Waals surface area contributed by atoms with Crippen molar-refractivity contribution in [2.24, 2.45) is 5.92 Å². The summed E-state index contributed by atoms with van der Waals surface area (Å²) in [6.45, 7) is 5.20. The van der Waals surface area contributed by atoms with Gasteiger partial charge in [0, 0.05) is 37.5 Å². The molecule has 0 saturated carbocycles. The number of rotatable bonds is 7. The lowest BCUT2D eigenvalue weighted by Gasteiger charge is -2.29. The minimum atomic E-state index is -0.356. The zero-order chi connectivity index (χ0) is 23.0. The molecule has 1 aromatic carbocycles. The molecule has 33 heavy (non-hydrogen) atoms. The van der Waals surface area contributed by atoms with E-state index >= 15 is 0 Å². The van der Waals surface area contributed by atoms with Crippen molar-refractivity contribution in [1.29, 1.82) is 5.26 Å². The van der Waals surface area contributed by atoms with E-state index in [0.717, 1.165) is 42.3 Å². The first-order valence-electron chi connectivity index (χ1n) is 11.5. The van der Waals surface area contributed by atoms with E-state index in [0.29, 0.717) is 45.5 Å². The van der Waals surface area contributed by atoms with Crippen LogP contribution in [0.5, 0.6) is 0 Å². The molecule has 0 bridgehead atoms. The Kier molecular flexibility index (Phi) is 8.26. The van der Waals surface area contributed by atoms with E-state index in [1.54, 1.807) is 4.90 Å². The van der Waals surface area contributed by atoms with Crippen molar-refractivity contribution < 1.29 is 19.1 Å². The number of benzene rings is 1. The van der Waals surface area contributed by atoms with E-state index in [1.807, 2.05) is 30.3 Å². The molecule has 1 saturated heterocycles. The molecule has 176 valence electrons. The molecule has 2 unspecified atom stereocenters. The molecule has 0 aromatic heterocycles. The highest BCUT2D eigenvalue weighted by Gasteiger charge is 2.40. The van der Waals surface area contributed by atoms with Crippen molar-refractivity contribution in [3.63, 3.8) is 0 Å². The first-order chi connectivity index (χ1) is 16.1. The first kappa shape index (κ1) is 23.6. The Morgan fingerprint density at radius 3 is 2.76 bits per heavy atom. The number of carbonyl (C=O) groups is 2. The van der Waals surface area contributed by atoms with Crippen LogP contribution in [0.1, 0.15) is 18.4 Å². The number of nitriles is 1. The average Bonchev–Trinajstić information content (AvgIpc) is 3.20. The third kappa shape index (κ3) is 6.28. The molecule has 2 atom stereocenters. The van der Waals surface area contributed by atoms with Crippen LogP contribution in [0.3, 0.4) is 0 Å². The second-order valence-electron chi connectivity index (χ2n) is 8.39. The number of amides is 2. The number of nitrogens with one attached hydrogen (secondary N) is 1. The maximum Gasteiger partial charge on any atom is 0.410 e. The fraction of sp³-hybridized carbons (Fsp3) is 0.542. The summed E-state index contributed by atoms with van der Waals surface area (Å²) in [4.78, 5) is 30.0. The minimum Gasteiger partial charge on any atom is -0.448 e. The Morgan fingerprint density at radius 2 is 2.00 bits per heavy atom. The molecule has 1 N–H and O–H groups in total. The molecule has 2 amide bonds. The zero-order valence-corrected chi connectivity index (χ0v) is 19.5. The summed E-state index contributed by atoms with van der Waals surface area (Å²) in [5, 5.41) is 12.5. The van der Waals surface area contributed by atoms with E-state index in [1.165, 1.54) is 11.8 Å². The van der Waals surface area contributed by atoms with Crippen molar-refractivity contribution in [1.82, 2.24) is 15.1 Å². The van der Waals surface area contributed by atoms with Gasteiger partial charge < -0.3 is 19.7 Å². The predicted octanol–water partition coefficient (Wildman–Crippen LogP) is 2.38. The minimum absolute atomic E-state index is 0.0594. The molecular weight excluding hydrogens is 440 g/mol. The Morgan fingerprint density at radius 1 is 1.21 bits per heavy atom. The normalized spacial score (nSPS) is 23.1. The number of nitrogens with zero attached hydrogens (tertiary/aromatic N) is 3. The Bertz CT molecular complexity index is 911. The summed E-state index contributed by atoms with van der Waals surface area (Å²) in [6, 6.07) is 12.2. The number of aryl methyl sites for hydroxylation is 1. The van der Waals surface area contributed by atoms with Crippen LogP contribution < -0.4 is 5.32 Å². The predicted molar refractivity (Wildman–Crippen MR) is 125 cm³/mol. The first-order valence-corrected chi connectivity index (χ1v) is 12.4.